The van der Waals surface area contributed by atoms with Crippen molar-refractivity contribution in [1.29, 1.82) is 0 Å². The van der Waals surface area contributed by atoms with Gasteiger partial charge >= 0.3 is 0 Å². The fourth-order valence-electron chi connectivity index (χ4n) is 4.37. The molecule has 3 N–H and O–H groups in total. The van der Waals surface area contributed by atoms with Gasteiger partial charge in [0.2, 0.25) is 11.8 Å². The molecule has 5 rings (SSSR count). The van der Waals surface area contributed by atoms with Gasteiger partial charge in [-0.25, -0.2) is 0 Å². The Morgan fingerprint density at radius 1 is 1.16 bits per heavy atom. The molecular weight excluding hydrogens is 410 g/mol. The summed E-state index contributed by atoms with van der Waals surface area (Å²) >= 11 is 0. The number of benzene rings is 1. The van der Waals surface area contributed by atoms with E-state index in [1.165, 1.54) is 11.1 Å². The van der Waals surface area contributed by atoms with Gasteiger partial charge in [0.15, 0.2) is 0 Å². The number of carbonyl (C=O) groups excluding carboxylic acids is 4. The fraction of sp³-hybridized carbons (Fsp3) is 0.217. The number of amides is 4. The van der Waals surface area contributed by atoms with Crippen LogP contribution < -0.4 is 11.1 Å². The molecule has 1 aromatic carbocycles. The average Bonchev–Trinajstić information content (AvgIpc) is 3.11. The molecule has 0 bridgehead atoms. The number of primary amides is 1. The van der Waals surface area contributed by atoms with Crippen LogP contribution in [0.5, 0.6) is 0 Å². The van der Waals surface area contributed by atoms with Gasteiger partial charge in [0.05, 0.1) is 5.52 Å². The van der Waals surface area contributed by atoms with Gasteiger partial charge in [0.25, 0.3) is 11.8 Å². The molecule has 1 fully saturated rings. The summed E-state index contributed by atoms with van der Waals surface area (Å²) in [7, 11) is 0. The molecule has 1 saturated heterocycles. The van der Waals surface area contributed by atoms with Gasteiger partial charge in [-0.15, -0.1) is 0 Å². The van der Waals surface area contributed by atoms with Crippen LogP contribution in [0.4, 0.5) is 0 Å². The first-order chi connectivity index (χ1) is 15.4. The van der Waals surface area contributed by atoms with E-state index in [-0.39, 0.29) is 30.5 Å². The Balaban J connectivity index is 1.50. The standard InChI is InChI=1S/C23H19N5O4/c24-21(30)20-13(2-1-9-25-20)10-14-5-3-12-4-6-15-16(19(12)26-14)11-28(23(15)32)17-7-8-18(29)27-22(17)31/h1-6,9,17H,7-8,10-11H2,(H2,24,30)(H,27,29,31). The zero-order chi connectivity index (χ0) is 22.4. The number of aromatic nitrogens is 2. The molecule has 0 saturated carbocycles. The first kappa shape index (κ1) is 19.8. The van der Waals surface area contributed by atoms with Gasteiger partial charge in [-0.2, -0.15) is 0 Å². The first-order valence-electron chi connectivity index (χ1n) is 10.2. The lowest BCUT2D eigenvalue weighted by molar-refractivity contribution is -0.136. The highest BCUT2D eigenvalue weighted by Gasteiger charge is 2.39. The fourth-order valence-corrected chi connectivity index (χ4v) is 4.37. The number of hydrogen-bond acceptors (Lipinski definition) is 6. The van der Waals surface area contributed by atoms with Crippen LogP contribution in [0.25, 0.3) is 10.9 Å². The molecule has 32 heavy (non-hydrogen) atoms. The SMILES string of the molecule is NC(=O)c1ncccc1Cc1ccc2ccc3c(c2n1)CN(C1CCC(=O)NC1=O)C3=O. The highest BCUT2D eigenvalue weighted by molar-refractivity contribution is 6.07. The monoisotopic (exact) mass is 429 g/mol. The number of carbonyl (C=O) groups is 4. The number of piperidine rings is 1. The second-order valence-electron chi connectivity index (χ2n) is 7.92. The Morgan fingerprint density at radius 3 is 2.75 bits per heavy atom. The second-order valence-corrected chi connectivity index (χ2v) is 7.92. The quantitative estimate of drug-likeness (QED) is 0.596. The number of pyridine rings is 2. The first-order valence-corrected chi connectivity index (χ1v) is 10.2. The molecule has 4 heterocycles. The predicted molar refractivity (Wildman–Crippen MR) is 113 cm³/mol. The van der Waals surface area contributed by atoms with Crippen molar-refractivity contribution in [3.63, 3.8) is 0 Å². The summed E-state index contributed by atoms with van der Waals surface area (Å²) < 4.78 is 0. The molecule has 2 aliphatic heterocycles. The van der Waals surface area contributed by atoms with E-state index in [9.17, 15) is 19.2 Å². The Hall–Kier alpha value is -4.14. The zero-order valence-corrected chi connectivity index (χ0v) is 17.0. The Kier molecular flexibility index (Phi) is 4.66. The number of nitrogens with zero attached hydrogens (tertiary/aromatic N) is 3. The number of imide groups is 1. The lowest BCUT2D eigenvalue weighted by atomic mass is 10.0. The molecule has 3 aromatic rings. The maximum Gasteiger partial charge on any atom is 0.267 e. The normalized spacial score (nSPS) is 18.1. The molecule has 160 valence electrons. The maximum absolute atomic E-state index is 13.0. The van der Waals surface area contributed by atoms with Crippen molar-refractivity contribution in [2.45, 2.75) is 31.8 Å². The maximum atomic E-state index is 13.0. The number of rotatable bonds is 4. The van der Waals surface area contributed by atoms with Crippen LogP contribution >= 0.6 is 0 Å². The van der Waals surface area contributed by atoms with Gasteiger partial charge in [0, 0.05) is 47.8 Å². The molecule has 1 atom stereocenters. The largest absolute Gasteiger partial charge is 0.364 e. The van der Waals surface area contributed by atoms with Gasteiger partial charge in [-0.3, -0.25) is 34.5 Å². The van der Waals surface area contributed by atoms with Crippen molar-refractivity contribution in [3.05, 3.63) is 70.7 Å². The summed E-state index contributed by atoms with van der Waals surface area (Å²) in [5.74, 6) is -1.62. The molecule has 0 radical (unpaired) electrons. The summed E-state index contributed by atoms with van der Waals surface area (Å²) in [6.45, 7) is 0.244. The summed E-state index contributed by atoms with van der Waals surface area (Å²) in [6, 6.07) is 10.2. The zero-order valence-electron chi connectivity index (χ0n) is 17.0. The van der Waals surface area contributed by atoms with Crippen LogP contribution in [0.1, 0.15) is 50.5 Å². The highest BCUT2D eigenvalue weighted by Crippen LogP contribution is 2.32. The molecule has 2 aromatic heterocycles. The number of hydrogen-bond donors (Lipinski definition) is 2. The lowest BCUT2D eigenvalue weighted by Crippen LogP contribution is -2.52. The summed E-state index contributed by atoms with van der Waals surface area (Å²) in [4.78, 5) is 58.9. The van der Waals surface area contributed by atoms with E-state index < -0.39 is 17.9 Å². The molecule has 1 unspecified atom stereocenters. The van der Waals surface area contributed by atoms with E-state index in [1.54, 1.807) is 18.2 Å². The highest BCUT2D eigenvalue weighted by atomic mass is 16.2. The van der Waals surface area contributed by atoms with Crippen molar-refractivity contribution in [2.24, 2.45) is 5.73 Å². The van der Waals surface area contributed by atoms with Gasteiger partial charge in [0.1, 0.15) is 11.7 Å². The molecule has 0 spiro atoms. The molecular formula is C23H19N5O4. The van der Waals surface area contributed by atoms with Crippen molar-refractivity contribution >= 4 is 34.5 Å². The molecule has 9 nitrogen and oxygen atoms in total. The van der Waals surface area contributed by atoms with E-state index in [0.29, 0.717) is 35.2 Å². The molecule has 9 heteroatoms. The van der Waals surface area contributed by atoms with E-state index >= 15 is 0 Å². The molecule has 0 aliphatic carbocycles. The van der Waals surface area contributed by atoms with Crippen LogP contribution in [0, 0.1) is 0 Å². The summed E-state index contributed by atoms with van der Waals surface area (Å²) in [5.41, 5.74) is 8.94. The number of nitrogens with one attached hydrogen (secondary N) is 1. The van der Waals surface area contributed by atoms with Crippen molar-refractivity contribution in [2.75, 3.05) is 0 Å². The smallest absolute Gasteiger partial charge is 0.267 e. The summed E-state index contributed by atoms with van der Waals surface area (Å²) in [6.07, 6.45) is 2.38. The van der Waals surface area contributed by atoms with Gasteiger partial charge in [-0.05, 0) is 30.2 Å². The van der Waals surface area contributed by atoms with Crippen molar-refractivity contribution in [3.8, 4) is 0 Å². The third kappa shape index (κ3) is 3.27. The van der Waals surface area contributed by atoms with Crippen LogP contribution in [0.3, 0.4) is 0 Å². The Bertz CT molecular complexity index is 1320. The predicted octanol–water partition coefficient (Wildman–Crippen LogP) is 1.08. The Labute approximate surface area is 182 Å². The van der Waals surface area contributed by atoms with E-state index in [1.807, 2.05) is 18.2 Å². The van der Waals surface area contributed by atoms with Crippen LogP contribution in [-0.4, -0.2) is 44.5 Å². The molecule has 4 amide bonds. The van der Waals surface area contributed by atoms with E-state index in [2.05, 4.69) is 10.3 Å². The third-order valence-electron chi connectivity index (χ3n) is 5.93. The summed E-state index contributed by atoms with van der Waals surface area (Å²) in [5, 5.41) is 3.18. The Morgan fingerprint density at radius 2 is 1.97 bits per heavy atom. The third-order valence-corrected chi connectivity index (χ3v) is 5.93. The molecule has 2 aliphatic rings. The minimum Gasteiger partial charge on any atom is -0.364 e. The lowest BCUT2D eigenvalue weighted by Gasteiger charge is -2.29. The minimum absolute atomic E-state index is 0.201. The topological polar surface area (TPSA) is 135 Å². The second kappa shape index (κ2) is 7.52. The van der Waals surface area contributed by atoms with Crippen molar-refractivity contribution in [1.82, 2.24) is 20.2 Å². The van der Waals surface area contributed by atoms with Crippen LogP contribution in [0.15, 0.2) is 42.6 Å². The van der Waals surface area contributed by atoms with Gasteiger partial charge in [-0.1, -0.05) is 18.2 Å². The van der Waals surface area contributed by atoms with Crippen LogP contribution in [0.2, 0.25) is 0 Å². The number of fused-ring (bicyclic) bond motifs is 3. The van der Waals surface area contributed by atoms with Crippen molar-refractivity contribution < 1.29 is 19.2 Å². The minimum atomic E-state index is -0.681. The van der Waals surface area contributed by atoms with Crippen LogP contribution in [-0.2, 0) is 22.6 Å². The van der Waals surface area contributed by atoms with E-state index in [0.717, 1.165) is 10.9 Å². The number of nitrogens with two attached hydrogens (primary N) is 1. The average molecular weight is 429 g/mol. The van der Waals surface area contributed by atoms with Gasteiger partial charge < -0.3 is 10.6 Å². The van der Waals surface area contributed by atoms with E-state index in [4.69, 9.17) is 10.7 Å².